The van der Waals surface area contributed by atoms with E-state index in [0.29, 0.717) is 10.7 Å². The molecule has 1 N–H and O–H groups in total. The Kier molecular flexibility index (Phi) is 5.40. The first-order valence-electron chi connectivity index (χ1n) is 4.69. The molecule has 2 aromatic heterocycles. The van der Waals surface area contributed by atoms with Gasteiger partial charge in [-0.05, 0) is 12.1 Å². The van der Waals surface area contributed by atoms with Gasteiger partial charge in [0.25, 0.3) is 0 Å². The Hall–Kier alpha value is -0.853. The van der Waals surface area contributed by atoms with Crippen LogP contribution in [-0.2, 0) is 17.3 Å². The Morgan fingerprint density at radius 3 is 2.55 bits per heavy atom. The SMILES string of the molecule is O=S(O)c1cc(C(F)(F)F)nn1-c1ncccc1Cl.[LiH]. The number of alkyl halides is 3. The van der Waals surface area contributed by atoms with Crippen molar-refractivity contribution in [2.45, 2.75) is 11.2 Å². The van der Waals surface area contributed by atoms with Crippen molar-refractivity contribution in [2.24, 2.45) is 0 Å². The molecule has 5 nitrogen and oxygen atoms in total. The number of pyridine rings is 1. The normalized spacial score (nSPS) is 12.8. The monoisotopic (exact) mass is 319 g/mol. The maximum atomic E-state index is 12.6. The zero-order valence-electron chi connectivity index (χ0n) is 8.93. The second-order valence-electron chi connectivity index (χ2n) is 3.34. The van der Waals surface area contributed by atoms with Gasteiger partial charge in [0.2, 0.25) is 11.1 Å². The molecular formula is C9H6ClF3LiN3O2S. The van der Waals surface area contributed by atoms with Crippen molar-refractivity contribution in [3.63, 3.8) is 0 Å². The number of hydrogen-bond acceptors (Lipinski definition) is 3. The van der Waals surface area contributed by atoms with Gasteiger partial charge in [-0.25, -0.2) is 13.9 Å². The van der Waals surface area contributed by atoms with E-state index in [0.717, 1.165) is 0 Å². The zero-order valence-corrected chi connectivity index (χ0v) is 10.5. The predicted molar refractivity (Wildman–Crippen MR) is 67.6 cm³/mol. The van der Waals surface area contributed by atoms with Crippen molar-refractivity contribution in [2.75, 3.05) is 0 Å². The van der Waals surface area contributed by atoms with Gasteiger partial charge in [-0.1, -0.05) is 11.6 Å². The van der Waals surface area contributed by atoms with Crippen LogP contribution in [0, 0.1) is 0 Å². The van der Waals surface area contributed by atoms with E-state index in [9.17, 15) is 17.4 Å². The third-order valence-electron chi connectivity index (χ3n) is 2.09. The summed E-state index contributed by atoms with van der Waals surface area (Å²) in [6.07, 6.45) is -3.46. The third kappa shape index (κ3) is 3.42. The summed E-state index contributed by atoms with van der Waals surface area (Å²) in [5, 5.41) is 2.67. The fraction of sp³-hybridized carbons (Fsp3) is 0.111. The van der Waals surface area contributed by atoms with E-state index in [2.05, 4.69) is 10.1 Å². The molecule has 2 heterocycles. The predicted octanol–water partition coefficient (Wildman–Crippen LogP) is 1.87. The molecule has 20 heavy (non-hydrogen) atoms. The molecule has 0 saturated carbocycles. The molecule has 0 aliphatic rings. The Labute approximate surface area is 130 Å². The van der Waals surface area contributed by atoms with Crippen molar-refractivity contribution in [3.8, 4) is 5.82 Å². The Bertz CT molecular complexity index is 650. The van der Waals surface area contributed by atoms with E-state index in [-0.39, 0.29) is 29.7 Å². The van der Waals surface area contributed by atoms with Crippen LogP contribution < -0.4 is 0 Å². The molecule has 0 spiro atoms. The van der Waals surface area contributed by atoms with Crippen LogP contribution in [0.3, 0.4) is 0 Å². The molecule has 0 aliphatic carbocycles. The van der Waals surface area contributed by atoms with Crippen LogP contribution in [0.5, 0.6) is 0 Å². The van der Waals surface area contributed by atoms with Crippen molar-refractivity contribution < 1.29 is 21.9 Å². The molecule has 2 rings (SSSR count). The number of hydrogen-bond donors (Lipinski definition) is 1. The van der Waals surface area contributed by atoms with Gasteiger partial charge in [-0.3, -0.25) is 0 Å². The molecule has 11 heteroatoms. The van der Waals surface area contributed by atoms with Crippen LogP contribution in [0.4, 0.5) is 13.2 Å². The van der Waals surface area contributed by atoms with E-state index in [4.69, 9.17) is 16.2 Å². The second-order valence-corrected chi connectivity index (χ2v) is 4.66. The molecular weight excluding hydrogens is 314 g/mol. The summed E-state index contributed by atoms with van der Waals surface area (Å²) in [7, 11) is 0. The summed E-state index contributed by atoms with van der Waals surface area (Å²) < 4.78 is 58.3. The minimum atomic E-state index is -4.74. The van der Waals surface area contributed by atoms with Gasteiger partial charge in [0.15, 0.2) is 16.5 Å². The molecule has 104 valence electrons. The second kappa shape index (κ2) is 6.28. The standard InChI is InChI=1S/C9H5ClF3N3O2S.Li.H/c10-5-2-1-3-14-8(5)16-7(19(17)18)4-6(15-16)9(11,12)13;;/h1-4H,(H,17,18);;. The van der Waals surface area contributed by atoms with Crippen LogP contribution in [0.2, 0.25) is 5.02 Å². The summed E-state index contributed by atoms with van der Waals surface area (Å²) in [4.78, 5) is 3.74. The first-order chi connectivity index (χ1) is 8.80. The zero-order chi connectivity index (χ0) is 14.2. The fourth-order valence-corrected chi connectivity index (χ4v) is 2.00. The van der Waals surface area contributed by atoms with Gasteiger partial charge in [-0.2, -0.15) is 18.3 Å². The quantitative estimate of drug-likeness (QED) is 0.678. The van der Waals surface area contributed by atoms with E-state index in [1.165, 1.54) is 18.3 Å². The van der Waals surface area contributed by atoms with Gasteiger partial charge in [0.05, 0.1) is 5.02 Å². The molecule has 0 radical (unpaired) electrons. The van der Waals surface area contributed by atoms with E-state index in [1.807, 2.05) is 0 Å². The van der Waals surface area contributed by atoms with E-state index >= 15 is 0 Å². The van der Waals surface area contributed by atoms with Gasteiger partial charge in [-0.15, -0.1) is 0 Å². The molecule has 0 amide bonds. The minimum absolute atomic E-state index is 0. The summed E-state index contributed by atoms with van der Waals surface area (Å²) in [6, 6.07) is 3.32. The van der Waals surface area contributed by atoms with Gasteiger partial charge in [0, 0.05) is 12.3 Å². The molecule has 0 aliphatic heterocycles. The first kappa shape index (κ1) is 17.2. The van der Waals surface area contributed by atoms with Crippen molar-refractivity contribution in [1.29, 1.82) is 0 Å². The van der Waals surface area contributed by atoms with Gasteiger partial charge in [0.1, 0.15) is 0 Å². The average Bonchev–Trinajstić information content (AvgIpc) is 2.74. The van der Waals surface area contributed by atoms with Crippen LogP contribution in [0.15, 0.2) is 29.4 Å². The number of aromatic nitrogens is 3. The Balaban J connectivity index is 0.00000200. The molecule has 1 unspecified atom stereocenters. The summed E-state index contributed by atoms with van der Waals surface area (Å²) in [5.74, 6) is -0.155. The summed E-state index contributed by atoms with van der Waals surface area (Å²) in [5.41, 5.74) is -1.30. The maximum absolute atomic E-state index is 12.6. The number of rotatable bonds is 2. The molecule has 0 saturated heterocycles. The van der Waals surface area contributed by atoms with E-state index < -0.39 is 28.0 Å². The third-order valence-corrected chi connectivity index (χ3v) is 3.03. The van der Waals surface area contributed by atoms with Crippen molar-refractivity contribution in [1.82, 2.24) is 14.8 Å². The Morgan fingerprint density at radius 1 is 1.40 bits per heavy atom. The van der Waals surface area contributed by atoms with E-state index in [1.54, 1.807) is 0 Å². The van der Waals surface area contributed by atoms with Crippen molar-refractivity contribution in [3.05, 3.63) is 35.1 Å². The average molecular weight is 320 g/mol. The fourth-order valence-electron chi connectivity index (χ4n) is 1.31. The number of nitrogens with zero attached hydrogens (tertiary/aromatic N) is 3. The van der Waals surface area contributed by atoms with Crippen LogP contribution in [0.25, 0.3) is 5.82 Å². The van der Waals surface area contributed by atoms with Crippen LogP contribution in [0.1, 0.15) is 5.69 Å². The molecule has 0 aromatic carbocycles. The molecule has 0 fully saturated rings. The van der Waals surface area contributed by atoms with Crippen LogP contribution >= 0.6 is 11.6 Å². The molecule has 2 aromatic rings. The molecule has 1 atom stereocenters. The number of halogens is 4. The van der Waals surface area contributed by atoms with Gasteiger partial charge >= 0.3 is 25.0 Å². The first-order valence-corrected chi connectivity index (χ1v) is 6.18. The van der Waals surface area contributed by atoms with Crippen molar-refractivity contribution >= 4 is 41.5 Å². The summed E-state index contributed by atoms with van der Waals surface area (Å²) >= 11 is 3.11. The molecule has 0 bridgehead atoms. The van der Waals surface area contributed by atoms with Gasteiger partial charge < -0.3 is 4.55 Å². The topological polar surface area (TPSA) is 68.0 Å². The van der Waals surface area contributed by atoms with Crippen LogP contribution in [-0.4, -0.2) is 42.4 Å². The summed E-state index contributed by atoms with van der Waals surface area (Å²) in [6.45, 7) is 0. The Morgan fingerprint density at radius 2 is 2.05 bits per heavy atom.